The molecule has 0 saturated heterocycles. The molecule has 0 saturated carbocycles. The van der Waals surface area contributed by atoms with Crippen LogP contribution in [-0.2, 0) is 11.2 Å². The second-order valence-electron chi connectivity index (χ2n) is 6.89. The molecule has 1 unspecified atom stereocenters. The van der Waals surface area contributed by atoms with Gasteiger partial charge in [-0.2, -0.15) is 0 Å². The zero-order chi connectivity index (χ0) is 19.9. The van der Waals surface area contributed by atoms with Crippen molar-refractivity contribution in [3.63, 3.8) is 0 Å². The molecule has 0 aliphatic heterocycles. The van der Waals surface area contributed by atoms with E-state index in [-0.39, 0.29) is 11.8 Å². The predicted molar refractivity (Wildman–Crippen MR) is 112 cm³/mol. The maximum Gasteiger partial charge on any atom is 0.251 e. The van der Waals surface area contributed by atoms with Crippen LogP contribution in [0.2, 0.25) is 0 Å². The summed E-state index contributed by atoms with van der Waals surface area (Å²) in [4.78, 5) is 25.7. The highest BCUT2D eigenvalue weighted by atomic mass is 16.2. The molecule has 0 heterocycles. The molecule has 0 radical (unpaired) electrons. The lowest BCUT2D eigenvalue weighted by Gasteiger charge is -2.20. The predicted octanol–water partition coefficient (Wildman–Crippen LogP) is 4.28. The van der Waals surface area contributed by atoms with Gasteiger partial charge in [0.15, 0.2) is 0 Å². The average molecular weight is 372 g/mol. The number of benzene rings is 3. The number of aryl methyl sites for hydroxylation is 2. The molecule has 3 rings (SSSR count). The van der Waals surface area contributed by atoms with E-state index in [2.05, 4.69) is 10.6 Å². The first-order valence-electron chi connectivity index (χ1n) is 9.31. The van der Waals surface area contributed by atoms with Crippen LogP contribution in [0.5, 0.6) is 0 Å². The number of anilines is 1. The van der Waals surface area contributed by atoms with E-state index in [1.54, 1.807) is 24.3 Å². The van der Waals surface area contributed by atoms with Crippen LogP contribution >= 0.6 is 0 Å². The molecular formula is C24H24N2O2. The lowest BCUT2D eigenvalue weighted by atomic mass is 10.0. The molecule has 0 aliphatic carbocycles. The van der Waals surface area contributed by atoms with Gasteiger partial charge in [-0.15, -0.1) is 0 Å². The second kappa shape index (κ2) is 9.00. The van der Waals surface area contributed by atoms with Gasteiger partial charge in [0, 0.05) is 17.7 Å². The molecule has 0 aliphatic rings. The van der Waals surface area contributed by atoms with Crippen molar-refractivity contribution in [3.05, 3.63) is 101 Å². The Labute approximate surface area is 165 Å². The Morgan fingerprint density at radius 3 is 2.18 bits per heavy atom. The smallest absolute Gasteiger partial charge is 0.251 e. The number of carbonyl (C=O) groups excluding carboxylic acids is 2. The van der Waals surface area contributed by atoms with Crippen LogP contribution in [0.25, 0.3) is 0 Å². The molecule has 0 aromatic heterocycles. The largest absolute Gasteiger partial charge is 0.340 e. The lowest BCUT2D eigenvalue weighted by molar-refractivity contribution is -0.118. The molecule has 3 aromatic rings. The molecule has 1 atom stereocenters. The number of rotatable bonds is 6. The maximum absolute atomic E-state index is 13.0. The molecule has 2 N–H and O–H groups in total. The van der Waals surface area contributed by atoms with Crippen molar-refractivity contribution in [2.45, 2.75) is 26.3 Å². The van der Waals surface area contributed by atoms with Crippen LogP contribution < -0.4 is 10.6 Å². The van der Waals surface area contributed by atoms with Gasteiger partial charge >= 0.3 is 0 Å². The van der Waals surface area contributed by atoms with E-state index in [9.17, 15) is 9.59 Å². The van der Waals surface area contributed by atoms with E-state index in [4.69, 9.17) is 0 Å². The zero-order valence-electron chi connectivity index (χ0n) is 16.1. The number of hydrogen-bond acceptors (Lipinski definition) is 2. The number of amides is 2. The van der Waals surface area contributed by atoms with Gasteiger partial charge in [-0.05, 0) is 48.7 Å². The Bertz CT molecular complexity index is 953. The van der Waals surface area contributed by atoms with Crippen LogP contribution in [0.1, 0.15) is 27.0 Å². The van der Waals surface area contributed by atoms with Crippen LogP contribution in [-0.4, -0.2) is 17.9 Å². The van der Waals surface area contributed by atoms with E-state index >= 15 is 0 Å². The fourth-order valence-electron chi connectivity index (χ4n) is 2.98. The van der Waals surface area contributed by atoms with Gasteiger partial charge in [0.2, 0.25) is 5.91 Å². The number of carbonyl (C=O) groups is 2. The maximum atomic E-state index is 13.0. The van der Waals surface area contributed by atoms with E-state index in [0.717, 1.165) is 22.4 Å². The standard InChI is InChI=1S/C24H24N2O2/c1-17-13-14-18(2)21(15-17)25-24(28)22(16-19-9-5-3-6-10-19)26-23(27)20-11-7-4-8-12-20/h3-15,22H,16H2,1-2H3,(H,25,28)(H,26,27). The van der Waals surface area contributed by atoms with E-state index < -0.39 is 6.04 Å². The summed E-state index contributed by atoms with van der Waals surface area (Å²) in [5.74, 6) is -0.500. The van der Waals surface area contributed by atoms with Gasteiger partial charge in [0.25, 0.3) is 5.91 Å². The molecule has 3 aromatic carbocycles. The van der Waals surface area contributed by atoms with Gasteiger partial charge < -0.3 is 10.6 Å². The molecule has 0 spiro atoms. The first-order chi connectivity index (χ1) is 13.5. The monoisotopic (exact) mass is 372 g/mol. The summed E-state index contributed by atoms with van der Waals surface area (Å²) in [6.07, 6.45) is 0.413. The Kier molecular flexibility index (Phi) is 6.22. The van der Waals surface area contributed by atoms with Gasteiger partial charge in [0.05, 0.1) is 0 Å². The highest BCUT2D eigenvalue weighted by Gasteiger charge is 2.22. The fraction of sp³-hybridized carbons (Fsp3) is 0.167. The van der Waals surface area contributed by atoms with E-state index in [0.29, 0.717) is 12.0 Å². The van der Waals surface area contributed by atoms with Crippen molar-refractivity contribution in [2.75, 3.05) is 5.32 Å². The first kappa shape index (κ1) is 19.4. The van der Waals surface area contributed by atoms with Crippen molar-refractivity contribution in [1.82, 2.24) is 5.32 Å². The fourth-order valence-corrected chi connectivity index (χ4v) is 2.98. The van der Waals surface area contributed by atoms with Gasteiger partial charge in [-0.1, -0.05) is 60.7 Å². The molecule has 4 nitrogen and oxygen atoms in total. The summed E-state index contributed by atoms with van der Waals surface area (Å²) in [6.45, 7) is 3.93. The van der Waals surface area contributed by atoms with Crippen LogP contribution in [0.3, 0.4) is 0 Å². The Morgan fingerprint density at radius 2 is 1.50 bits per heavy atom. The van der Waals surface area contributed by atoms with E-state index in [1.165, 1.54) is 0 Å². The summed E-state index contributed by atoms with van der Waals surface area (Å²) >= 11 is 0. The van der Waals surface area contributed by atoms with Crippen molar-refractivity contribution >= 4 is 17.5 Å². The number of nitrogens with one attached hydrogen (secondary N) is 2. The molecule has 4 heteroatoms. The zero-order valence-corrected chi connectivity index (χ0v) is 16.1. The third kappa shape index (κ3) is 5.07. The van der Waals surface area contributed by atoms with Crippen LogP contribution in [0, 0.1) is 13.8 Å². The highest BCUT2D eigenvalue weighted by Crippen LogP contribution is 2.17. The summed E-state index contributed by atoms with van der Waals surface area (Å²) in [5, 5.41) is 5.86. The topological polar surface area (TPSA) is 58.2 Å². The lowest BCUT2D eigenvalue weighted by Crippen LogP contribution is -2.45. The Morgan fingerprint density at radius 1 is 0.857 bits per heavy atom. The minimum atomic E-state index is -0.685. The molecule has 0 bridgehead atoms. The molecule has 28 heavy (non-hydrogen) atoms. The van der Waals surface area contributed by atoms with Crippen molar-refractivity contribution < 1.29 is 9.59 Å². The minimum absolute atomic E-state index is 0.234. The second-order valence-corrected chi connectivity index (χ2v) is 6.89. The third-order valence-electron chi connectivity index (χ3n) is 4.59. The highest BCUT2D eigenvalue weighted by molar-refractivity contribution is 6.01. The quantitative estimate of drug-likeness (QED) is 0.678. The molecular weight excluding hydrogens is 348 g/mol. The Balaban J connectivity index is 1.81. The minimum Gasteiger partial charge on any atom is -0.340 e. The van der Waals surface area contributed by atoms with Crippen molar-refractivity contribution in [2.24, 2.45) is 0 Å². The summed E-state index contributed by atoms with van der Waals surface area (Å²) in [7, 11) is 0. The van der Waals surface area contributed by atoms with Gasteiger partial charge in [-0.25, -0.2) is 0 Å². The van der Waals surface area contributed by atoms with Gasteiger partial charge in [-0.3, -0.25) is 9.59 Å². The number of hydrogen-bond donors (Lipinski definition) is 2. The summed E-state index contributed by atoms with van der Waals surface area (Å²) in [5.41, 5.74) is 4.31. The first-order valence-corrected chi connectivity index (χ1v) is 9.31. The third-order valence-corrected chi connectivity index (χ3v) is 4.59. The normalized spacial score (nSPS) is 11.5. The van der Waals surface area contributed by atoms with Crippen LogP contribution in [0.4, 0.5) is 5.69 Å². The molecule has 142 valence electrons. The average Bonchev–Trinajstić information content (AvgIpc) is 2.71. The SMILES string of the molecule is Cc1ccc(C)c(NC(=O)C(Cc2ccccc2)NC(=O)c2ccccc2)c1. The summed E-state index contributed by atoms with van der Waals surface area (Å²) < 4.78 is 0. The van der Waals surface area contributed by atoms with Crippen molar-refractivity contribution in [3.8, 4) is 0 Å². The molecule has 2 amide bonds. The van der Waals surface area contributed by atoms with Gasteiger partial charge in [0.1, 0.15) is 6.04 Å². The van der Waals surface area contributed by atoms with Crippen molar-refractivity contribution in [1.29, 1.82) is 0 Å². The van der Waals surface area contributed by atoms with E-state index in [1.807, 2.05) is 68.4 Å². The summed E-state index contributed by atoms with van der Waals surface area (Å²) in [6, 6.07) is 23.8. The Hall–Kier alpha value is -3.40. The van der Waals surface area contributed by atoms with Crippen LogP contribution in [0.15, 0.2) is 78.9 Å². The molecule has 0 fully saturated rings.